The number of rotatable bonds is 0. The van der Waals surface area contributed by atoms with E-state index in [1.807, 2.05) is 10.9 Å². The summed E-state index contributed by atoms with van der Waals surface area (Å²) in [5.41, 5.74) is 1.26. The largest absolute Gasteiger partial charge is 0.235 e. The number of allylic oxidation sites excluding steroid dienone is 1. The lowest BCUT2D eigenvalue weighted by Gasteiger charge is -2.02. The minimum absolute atomic E-state index is 0.102. The number of nitrogens with zero attached hydrogens (tertiary/aromatic N) is 3. The van der Waals surface area contributed by atoms with E-state index in [0.29, 0.717) is 0 Å². The van der Waals surface area contributed by atoms with Crippen molar-refractivity contribution in [3.63, 3.8) is 0 Å². The van der Waals surface area contributed by atoms with Crippen molar-refractivity contribution in [3.05, 3.63) is 22.3 Å². The molecule has 0 unspecified atom stereocenters. The Balaban J connectivity index is 2.67. The number of hydrogen-bond acceptors (Lipinski definition) is 2. The Morgan fingerprint density at radius 3 is 3.30 bits per heavy atom. The highest BCUT2D eigenvalue weighted by Crippen LogP contribution is 2.22. The van der Waals surface area contributed by atoms with Crippen molar-refractivity contribution in [2.75, 3.05) is 0 Å². The van der Waals surface area contributed by atoms with E-state index in [-0.39, 0.29) is 21.0 Å². The van der Waals surface area contributed by atoms with Crippen LogP contribution in [0.15, 0.2) is 19.7 Å². The molecule has 0 aromatic carbocycles. The molecule has 2 rings (SSSR count). The lowest BCUT2D eigenvalue weighted by atomic mass is 10.3. The Bertz CT molecular complexity index is 311. The van der Waals surface area contributed by atoms with E-state index in [1.54, 1.807) is 6.20 Å². The highest BCUT2D eigenvalue weighted by Gasteiger charge is 2.05. The molecule has 4 heteroatoms. The molecule has 1 aliphatic rings. The van der Waals surface area contributed by atoms with Gasteiger partial charge in [0.05, 0.1) is 0 Å². The number of hydrogen-bond donors (Lipinski definition) is 0. The van der Waals surface area contributed by atoms with Gasteiger partial charge in [-0.25, -0.2) is 9.66 Å². The molecular weight excluding hydrogens is 241 g/mol. The molecule has 1 aromatic heterocycles. The minimum Gasteiger partial charge on any atom is -0.235 e. The quantitative estimate of drug-likeness (QED) is 0.646. The van der Waals surface area contributed by atoms with Crippen LogP contribution in [0.3, 0.4) is 0 Å². The monoisotopic (exact) mass is 247 g/mol. The zero-order chi connectivity index (χ0) is 6.97. The van der Waals surface area contributed by atoms with Crippen LogP contribution in [0, 0.1) is 0 Å². The van der Waals surface area contributed by atoms with Gasteiger partial charge in [0, 0.05) is 39.0 Å². The highest BCUT2D eigenvalue weighted by molar-refractivity contribution is 14.2. The molecule has 2 heterocycles. The van der Waals surface area contributed by atoms with Crippen molar-refractivity contribution in [3.8, 4) is 0 Å². The van der Waals surface area contributed by atoms with Crippen LogP contribution in [-0.2, 0) is 0 Å². The fraction of sp³-hybridized carbons (Fsp3) is 0.167. The first-order chi connectivity index (χ1) is 4.88. The van der Waals surface area contributed by atoms with Crippen LogP contribution in [0.1, 0.15) is 12.7 Å². The van der Waals surface area contributed by atoms with E-state index >= 15 is 0 Å². The van der Waals surface area contributed by atoms with E-state index in [4.69, 9.17) is 0 Å². The van der Waals surface area contributed by atoms with Gasteiger partial charge in [-0.1, -0.05) is 0 Å². The third kappa shape index (κ3) is 0.828. The summed E-state index contributed by atoms with van der Waals surface area (Å²) in [6.45, 7) is 2.08. The maximum absolute atomic E-state index is 4.29. The maximum Gasteiger partial charge on any atom is 0.157 e. The summed E-state index contributed by atoms with van der Waals surface area (Å²) in [5.74, 6) is 0.992. The third-order valence-corrected chi connectivity index (χ3v) is 3.24. The van der Waals surface area contributed by atoms with Crippen molar-refractivity contribution >= 4 is 26.6 Å². The van der Waals surface area contributed by atoms with E-state index in [0.717, 1.165) is 5.82 Å². The topological polar surface area (TPSA) is 30.2 Å². The smallest absolute Gasteiger partial charge is 0.157 e. The number of aromatic nitrogens is 2. The average Bonchev–Trinajstić information content (AvgIpc) is 2.36. The molecule has 0 saturated carbocycles. The van der Waals surface area contributed by atoms with Gasteiger partial charge in [-0.3, -0.25) is 0 Å². The van der Waals surface area contributed by atoms with Crippen molar-refractivity contribution < 1.29 is 0 Å². The zero-order valence-corrected chi connectivity index (χ0v) is 7.61. The molecule has 0 spiro atoms. The van der Waals surface area contributed by atoms with Gasteiger partial charge in [0.15, 0.2) is 5.82 Å². The number of fused-ring (bicyclic) bond motifs is 1. The van der Waals surface area contributed by atoms with E-state index in [9.17, 15) is 0 Å². The summed E-state index contributed by atoms with van der Waals surface area (Å²) in [5, 5.41) is 0. The van der Waals surface area contributed by atoms with Crippen molar-refractivity contribution in [1.29, 1.82) is 0 Å². The van der Waals surface area contributed by atoms with Crippen LogP contribution >= 0.6 is 21.0 Å². The van der Waals surface area contributed by atoms with E-state index in [2.05, 4.69) is 19.2 Å². The van der Waals surface area contributed by atoms with Gasteiger partial charge < -0.3 is 0 Å². The lowest BCUT2D eigenvalue weighted by Crippen LogP contribution is -1.93. The molecule has 0 saturated heterocycles. The molecule has 52 valence electrons. The molecule has 0 bridgehead atoms. The van der Waals surface area contributed by atoms with Crippen LogP contribution < -0.4 is 0 Å². The lowest BCUT2D eigenvalue weighted by molar-refractivity contribution is 0.882. The molecule has 0 amide bonds. The average molecular weight is 247 g/mol. The molecule has 0 aliphatic carbocycles. The van der Waals surface area contributed by atoms with Crippen LogP contribution in [-0.4, -0.2) is 9.66 Å². The summed E-state index contributed by atoms with van der Waals surface area (Å²) < 4.78 is 8.34. The standard InChI is InChI=1S/C6H6IN3/c1-5-4-7-9-10-3-2-8-6(5)10/h2-4H,1H3. The fourth-order valence-corrected chi connectivity index (χ4v) is 2.27. The maximum atomic E-state index is 4.29. The molecule has 0 fully saturated rings. The Labute approximate surface area is 68.9 Å². The van der Waals surface area contributed by atoms with Gasteiger partial charge in [0.1, 0.15) is 0 Å². The van der Waals surface area contributed by atoms with Gasteiger partial charge >= 0.3 is 0 Å². The molecule has 10 heavy (non-hydrogen) atoms. The molecule has 1 aromatic rings. The molecule has 0 N–H and O–H groups in total. The van der Waals surface area contributed by atoms with Crippen LogP contribution in [0.5, 0.6) is 0 Å². The van der Waals surface area contributed by atoms with E-state index < -0.39 is 0 Å². The number of imidazole rings is 1. The summed E-state index contributed by atoms with van der Waals surface area (Å²) >= 11 is -0.102. The minimum atomic E-state index is -0.102. The van der Waals surface area contributed by atoms with Crippen molar-refractivity contribution in [2.24, 2.45) is 3.25 Å². The van der Waals surface area contributed by atoms with Crippen LogP contribution in [0.4, 0.5) is 0 Å². The SMILES string of the molecule is CC1=CI=Nn2ccnc21. The van der Waals surface area contributed by atoms with Gasteiger partial charge in [0.2, 0.25) is 0 Å². The number of halogens is 1. The first kappa shape index (κ1) is 6.21. The predicted molar refractivity (Wildman–Crippen MR) is 47.7 cm³/mol. The molecule has 0 radical (unpaired) electrons. The zero-order valence-electron chi connectivity index (χ0n) is 5.45. The Kier molecular flexibility index (Phi) is 1.40. The Morgan fingerprint density at radius 2 is 2.50 bits per heavy atom. The van der Waals surface area contributed by atoms with E-state index in [1.165, 1.54) is 5.57 Å². The Morgan fingerprint density at radius 1 is 1.60 bits per heavy atom. The Hall–Kier alpha value is -0.520. The molecule has 0 atom stereocenters. The second-order valence-corrected chi connectivity index (χ2v) is 3.67. The first-order valence-electron chi connectivity index (χ1n) is 2.92. The first-order valence-corrected chi connectivity index (χ1v) is 5.13. The van der Waals surface area contributed by atoms with Crippen LogP contribution in [0.2, 0.25) is 0 Å². The van der Waals surface area contributed by atoms with Crippen molar-refractivity contribution in [2.45, 2.75) is 6.92 Å². The highest BCUT2D eigenvalue weighted by atomic mass is 127. The van der Waals surface area contributed by atoms with Gasteiger partial charge in [-0.2, -0.15) is 0 Å². The summed E-state index contributed by atoms with van der Waals surface area (Å²) in [6.07, 6.45) is 3.68. The van der Waals surface area contributed by atoms with Gasteiger partial charge in [-0.15, -0.1) is 3.25 Å². The van der Waals surface area contributed by atoms with Crippen molar-refractivity contribution in [1.82, 2.24) is 9.66 Å². The second-order valence-electron chi connectivity index (χ2n) is 2.06. The van der Waals surface area contributed by atoms with Gasteiger partial charge in [-0.05, 0) is 11.0 Å². The summed E-state index contributed by atoms with van der Waals surface area (Å²) in [4.78, 5) is 4.16. The summed E-state index contributed by atoms with van der Waals surface area (Å²) in [6, 6.07) is 0. The predicted octanol–water partition coefficient (Wildman–Crippen LogP) is 2.17. The summed E-state index contributed by atoms with van der Waals surface area (Å²) in [7, 11) is 0. The third-order valence-electron chi connectivity index (χ3n) is 1.31. The fourth-order valence-electron chi connectivity index (χ4n) is 0.831. The van der Waals surface area contributed by atoms with Gasteiger partial charge in [0.25, 0.3) is 0 Å². The molecular formula is C6H6IN3. The second kappa shape index (κ2) is 2.26. The molecule has 3 nitrogen and oxygen atoms in total. The molecule has 1 aliphatic heterocycles. The normalized spacial score (nSPS) is 15.5. The van der Waals surface area contributed by atoms with Crippen LogP contribution in [0.25, 0.3) is 5.57 Å².